The number of hydrogen-bond acceptors (Lipinski definition) is 5. The number of piperazine rings is 1. The molecule has 2 amide bonds. The molecule has 2 heterocycles. The maximum Gasteiger partial charge on any atom is 0.246 e. The van der Waals surface area contributed by atoms with Crippen LogP contribution in [0.2, 0.25) is 0 Å². The molecule has 0 saturated carbocycles. The molecule has 0 N–H and O–H groups in total. The Morgan fingerprint density at radius 3 is 2.32 bits per heavy atom. The smallest absolute Gasteiger partial charge is 0.246 e. The normalized spacial score (nSPS) is 26.0. The average Bonchev–Trinajstić information content (AvgIpc) is 2.71. The third-order valence-corrected chi connectivity index (χ3v) is 4.79. The second-order valence-electron chi connectivity index (χ2n) is 5.14. The predicted octanol–water partition coefficient (Wildman–Crippen LogP) is -1.29. The molecule has 1 atom stereocenters. The van der Waals surface area contributed by atoms with E-state index in [1.165, 1.54) is 0 Å². The summed E-state index contributed by atoms with van der Waals surface area (Å²) < 4.78 is 24.0. The van der Waals surface area contributed by atoms with Gasteiger partial charge in [0, 0.05) is 32.6 Å². The van der Waals surface area contributed by atoms with Crippen molar-refractivity contribution in [1.29, 1.82) is 0 Å². The first-order valence-corrected chi connectivity index (χ1v) is 8.15. The van der Waals surface area contributed by atoms with Gasteiger partial charge in [-0.15, -0.1) is 0 Å². The number of hydrogen-bond donors (Lipinski definition) is 0. The molecular formula is C11H19N3O4S. The molecule has 1 unspecified atom stereocenters. The number of carbonyl (C=O) groups excluding carboxylic acids is 2. The van der Waals surface area contributed by atoms with Gasteiger partial charge in [-0.3, -0.25) is 9.59 Å². The van der Waals surface area contributed by atoms with Crippen LogP contribution in [0.4, 0.5) is 0 Å². The zero-order valence-electron chi connectivity index (χ0n) is 11.2. The Morgan fingerprint density at radius 1 is 1.21 bits per heavy atom. The minimum Gasteiger partial charge on any atom is -0.338 e. The van der Waals surface area contributed by atoms with Crippen LogP contribution in [-0.4, -0.2) is 79.9 Å². The molecule has 0 aliphatic carbocycles. The number of nitrogens with zero attached hydrogens (tertiary/aromatic N) is 3. The van der Waals surface area contributed by atoms with E-state index in [2.05, 4.69) is 4.90 Å². The molecule has 0 aromatic heterocycles. The van der Waals surface area contributed by atoms with Crippen LogP contribution < -0.4 is 0 Å². The van der Waals surface area contributed by atoms with E-state index in [-0.39, 0.29) is 18.7 Å². The second-order valence-corrected chi connectivity index (χ2v) is 7.00. The maximum absolute atomic E-state index is 12.4. The van der Waals surface area contributed by atoms with Gasteiger partial charge in [0.25, 0.3) is 0 Å². The highest BCUT2D eigenvalue weighted by Gasteiger charge is 2.43. The SMILES string of the molecule is CN1CCN(C(=O)C2CCC(=O)N2S(C)(=O)=O)CC1. The summed E-state index contributed by atoms with van der Waals surface area (Å²) in [7, 11) is -1.69. The molecule has 2 fully saturated rings. The van der Waals surface area contributed by atoms with Crippen molar-refractivity contribution in [2.45, 2.75) is 18.9 Å². The number of sulfonamides is 1. The van der Waals surface area contributed by atoms with E-state index in [9.17, 15) is 18.0 Å². The molecule has 19 heavy (non-hydrogen) atoms. The fraction of sp³-hybridized carbons (Fsp3) is 0.818. The first-order chi connectivity index (χ1) is 8.80. The first kappa shape index (κ1) is 14.3. The number of carbonyl (C=O) groups is 2. The Bertz CT molecular complexity index is 482. The molecule has 0 aromatic carbocycles. The van der Waals surface area contributed by atoms with Crippen LogP contribution >= 0.6 is 0 Å². The largest absolute Gasteiger partial charge is 0.338 e. The van der Waals surface area contributed by atoms with E-state index >= 15 is 0 Å². The zero-order chi connectivity index (χ0) is 14.2. The molecule has 8 heteroatoms. The van der Waals surface area contributed by atoms with Gasteiger partial charge in [0.1, 0.15) is 6.04 Å². The number of amides is 2. The third kappa shape index (κ3) is 2.89. The molecule has 2 aliphatic heterocycles. The van der Waals surface area contributed by atoms with Gasteiger partial charge in [-0.25, -0.2) is 12.7 Å². The predicted molar refractivity (Wildman–Crippen MR) is 68.8 cm³/mol. The highest BCUT2D eigenvalue weighted by Crippen LogP contribution is 2.23. The molecule has 0 aromatic rings. The van der Waals surface area contributed by atoms with Crippen LogP contribution in [0.25, 0.3) is 0 Å². The maximum atomic E-state index is 12.4. The van der Waals surface area contributed by atoms with Gasteiger partial charge in [0.2, 0.25) is 21.8 Å². The summed E-state index contributed by atoms with van der Waals surface area (Å²) in [6.07, 6.45) is 1.38. The van der Waals surface area contributed by atoms with Gasteiger partial charge in [-0.1, -0.05) is 0 Å². The Morgan fingerprint density at radius 2 is 1.79 bits per heavy atom. The highest BCUT2D eigenvalue weighted by atomic mass is 32.2. The summed E-state index contributed by atoms with van der Waals surface area (Å²) in [6.45, 7) is 2.70. The molecule has 108 valence electrons. The monoisotopic (exact) mass is 289 g/mol. The van der Waals surface area contributed by atoms with Gasteiger partial charge in [0.05, 0.1) is 6.26 Å². The Balaban J connectivity index is 2.12. The van der Waals surface area contributed by atoms with Crippen LogP contribution in [0.3, 0.4) is 0 Å². The molecule has 7 nitrogen and oxygen atoms in total. The van der Waals surface area contributed by atoms with Crippen molar-refractivity contribution in [3.05, 3.63) is 0 Å². The van der Waals surface area contributed by atoms with Crippen molar-refractivity contribution >= 4 is 21.8 Å². The van der Waals surface area contributed by atoms with Crippen LogP contribution in [0, 0.1) is 0 Å². The van der Waals surface area contributed by atoms with Gasteiger partial charge in [-0.2, -0.15) is 0 Å². The minimum atomic E-state index is -3.67. The standard InChI is InChI=1S/C11H19N3O4S/c1-12-5-7-13(8-6-12)11(16)9-3-4-10(15)14(9)19(2,17)18/h9H,3-8H2,1-2H3. The Hall–Kier alpha value is -1.15. The summed E-state index contributed by atoms with van der Waals surface area (Å²) in [5.41, 5.74) is 0. The lowest BCUT2D eigenvalue weighted by molar-refractivity contribution is -0.139. The van der Waals surface area contributed by atoms with Gasteiger partial charge in [-0.05, 0) is 13.5 Å². The number of rotatable bonds is 2. The van der Waals surface area contributed by atoms with Crippen LogP contribution in [-0.2, 0) is 19.6 Å². The van der Waals surface area contributed by atoms with Crippen LogP contribution in [0.15, 0.2) is 0 Å². The fourth-order valence-corrected chi connectivity index (χ4v) is 3.66. The zero-order valence-corrected chi connectivity index (χ0v) is 12.0. The molecule has 0 spiro atoms. The Labute approximate surface area is 113 Å². The lowest BCUT2D eigenvalue weighted by Crippen LogP contribution is -2.54. The number of likely N-dealkylation sites (N-methyl/N-ethyl adjacent to an activating group) is 1. The van der Waals surface area contributed by atoms with E-state index in [1.807, 2.05) is 7.05 Å². The summed E-state index contributed by atoms with van der Waals surface area (Å²) >= 11 is 0. The van der Waals surface area contributed by atoms with Crippen molar-refractivity contribution < 1.29 is 18.0 Å². The highest BCUT2D eigenvalue weighted by molar-refractivity contribution is 7.89. The first-order valence-electron chi connectivity index (χ1n) is 6.30. The van der Waals surface area contributed by atoms with Gasteiger partial charge in [0.15, 0.2) is 0 Å². The molecule has 2 aliphatic rings. The van der Waals surface area contributed by atoms with Crippen LogP contribution in [0.1, 0.15) is 12.8 Å². The van der Waals surface area contributed by atoms with Gasteiger partial charge >= 0.3 is 0 Å². The van der Waals surface area contributed by atoms with Crippen molar-refractivity contribution in [3.63, 3.8) is 0 Å². The lowest BCUT2D eigenvalue weighted by atomic mass is 10.2. The van der Waals surface area contributed by atoms with Crippen molar-refractivity contribution in [1.82, 2.24) is 14.1 Å². The second kappa shape index (κ2) is 5.09. The van der Waals surface area contributed by atoms with Crippen molar-refractivity contribution in [2.75, 3.05) is 39.5 Å². The average molecular weight is 289 g/mol. The lowest BCUT2D eigenvalue weighted by Gasteiger charge is -2.35. The minimum absolute atomic E-state index is 0.122. The quantitative estimate of drug-likeness (QED) is 0.632. The fourth-order valence-electron chi connectivity index (χ4n) is 2.54. The van der Waals surface area contributed by atoms with E-state index < -0.39 is 22.0 Å². The molecule has 0 bridgehead atoms. The molecule has 2 rings (SSSR count). The van der Waals surface area contributed by atoms with Crippen LogP contribution in [0.5, 0.6) is 0 Å². The van der Waals surface area contributed by atoms with E-state index in [0.717, 1.165) is 23.7 Å². The summed E-state index contributed by atoms with van der Waals surface area (Å²) in [5.74, 6) is -0.723. The summed E-state index contributed by atoms with van der Waals surface area (Å²) in [5, 5.41) is 0. The molecular weight excluding hydrogens is 270 g/mol. The molecule has 0 radical (unpaired) electrons. The van der Waals surface area contributed by atoms with Crippen molar-refractivity contribution in [3.8, 4) is 0 Å². The van der Waals surface area contributed by atoms with E-state index in [0.29, 0.717) is 13.1 Å². The van der Waals surface area contributed by atoms with Crippen molar-refractivity contribution in [2.24, 2.45) is 0 Å². The Kier molecular flexibility index (Phi) is 3.82. The van der Waals surface area contributed by atoms with Gasteiger partial charge < -0.3 is 9.80 Å². The van der Waals surface area contributed by atoms with E-state index in [1.54, 1.807) is 4.90 Å². The topological polar surface area (TPSA) is 78.0 Å². The molecule has 2 saturated heterocycles. The summed E-state index contributed by atoms with van der Waals surface area (Å²) in [6, 6.07) is -0.842. The summed E-state index contributed by atoms with van der Waals surface area (Å²) in [4.78, 5) is 27.8. The third-order valence-electron chi connectivity index (χ3n) is 3.62. The van der Waals surface area contributed by atoms with E-state index in [4.69, 9.17) is 0 Å².